The van der Waals surface area contributed by atoms with Crippen molar-refractivity contribution in [3.05, 3.63) is 48.3 Å². The van der Waals surface area contributed by atoms with Gasteiger partial charge >= 0.3 is 0 Å². The number of nitrogens with one attached hydrogen (secondary N) is 1. The molecule has 0 amide bonds. The van der Waals surface area contributed by atoms with Crippen molar-refractivity contribution in [1.29, 1.82) is 0 Å². The lowest BCUT2D eigenvalue weighted by atomic mass is 9.94. The smallest absolute Gasteiger partial charge is 0.0645 e. The van der Waals surface area contributed by atoms with Crippen molar-refractivity contribution in [3.63, 3.8) is 0 Å². The first-order valence-corrected chi connectivity index (χ1v) is 6.96. The first-order chi connectivity index (χ1) is 9.52. The topological polar surface area (TPSA) is 50.1 Å². The third-order valence-electron chi connectivity index (χ3n) is 3.44. The number of aromatic nitrogens is 2. The molecular weight excluding hydrogens is 250 g/mol. The minimum Gasteiger partial charge on any atom is -0.396 e. The number of hydrogen-bond acceptors (Lipinski definition) is 3. The van der Waals surface area contributed by atoms with E-state index in [-0.39, 0.29) is 18.1 Å². The van der Waals surface area contributed by atoms with E-state index >= 15 is 0 Å². The van der Waals surface area contributed by atoms with Gasteiger partial charge in [-0.3, -0.25) is 0 Å². The standard InChI is InChI=1S/C16H23N3O/c1-13(17-11-16(2,3)12-20)14-9-18-19(10-14)15-7-5-4-6-8-15/h4-10,13,17,20H,11-12H2,1-3H3. The van der Waals surface area contributed by atoms with Gasteiger partial charge in [-0.15, -0.1) is 0 Å². The molecule has 1 atom stereocenters. The highest BCUT2D eigenvalue weighted by molar-refractivity contribution is 5.31. The molecule has 0 saturated heterocycles. The molecule has 1 aromatic carbocycles. The van der Waals surface area contributed by atoms with E-state index in [1.54, 1.807) is 0 Å². The predicted octanol–water partition coefficient (Wildman–Crippen LogP) is 2.54. The molecule has 4 nitrogen and oxygen atoms in total. The molecule has 1 unspecified atom stereocenters. The van der Waals surface area contributed by atoms with Crippen LogP contribution in [0.15, 0.2) is 42.7 Å². The Hall–Kier alpha value is -1.65. The Morgan fingerprint density at radius 3 is 2.65 bits per heavy atom. The highest BCUT2D eigenvalue weighted by Gasteiger charge is 2.18. The van der Waals surface area contributed by atoms with Crippen molar-refractivity contribution in [2.75, 3.05) is 13.2 Å². The largest absolute Gasteiger partial charge is 0.396 e. The summed E-state index contributed by atoms with van der Waals surface area (Å²) in [7, 11) is 0. The van der Waals surface area contributed by atoms with Gasteiger partial charge in [0.1, 0.15) is 0 Å². The normalized spacial score (nSPS) is 13.4. The van der Waals surface area contributed by atoms with Crippen LogP contribution in [0.1, 0.15) is 32.4 Å². The lowest BCUT2D eigenvalue weighted by molar-refractivity contribution is 0.154. The summed E-state index contributed by atoms with van der Waals surface area (Å²) < 4.78 is 1.88. The summed E-state index contributed by atoms with van der Waals surface area (Å²) in [6, 6.07) is 10.3. The number of nitrogens with zero attached hydrogens (tertiary/aromatic N) is 2. The van der Waals surface area contributed by atoms with Crippen molar-refractivity contribution in [3.8, 4) is 5.69 Å². The van der Waals surface area contributed by atoms with Crippen LogP contribution >= 0.6 is 0 Å². The average Bonchev–Trinajstić information content (AvgIpc) is 2.96. The monoisotopic (exact) mass is 273 g/mol. The Balaban J connectivity index is 2.02. The van der Waals surface area contributed by atoms with E-state index in [1.807, 2.05) is 61.3 Å². The highest BCUT2D eigenvalue weighted by atomic mass is 16.3. The zero-order valence-electron chi connectivity index (χ0n) is 12.4. The van der Waals surface area contributed by atoms with Gasteiger partial charge in [-0.2, -0.15) is 5.10 Å². The number of para-hydroxylation sites is 1. The molecule has 0 aliphatic carbocycles. The van der Waals surface area contributed by atoms with Gasteiger partial charge in [-0.05, 0) is 19.1 Å². The highest BCUT2D eigenvalue weighted by Crippen LogP contribution is 2.17. The van der Waals surface area contributed by atoms with Crippen LogP contribution in [0.3, 0.4) is 0 Å². The van der Waals surface area contributed by atoms with E-state index in [1.165, 1.54) is 0 Å². The fourth-order valence-electron chi connectivity index (χ4n) is 1.89. The van der Waals surface area contributed by atoms with Gasteiger partial charge in [0.05, 0.1) is 11.9 Å². The zero-order valence-corrected chi connectivity index (χ0v) is 12.4. The van der Waals surface area contributed by atoms with Gasteiger partial charge < -0.3 is 10.4 Å². The molecule has 2 aromatic rings. The predicted molar refractivity (Wildman–Crippen MR) is 80.8 cm³/mol. The number of hydrogen-bond donors (Lipinski definition) is 2. The second-order valence-electron chi connectivity index (χ2n) is 5.98. The summed E-state index contributed by atoms with van der Waals surface area (Å²) in [6.45, 7) is 7.14. The van der Waals surface area contributed by atoms with E-state index in [0.717, 1.165) is 17.8 Å². The average molecular weight is 273 g/mol. The molecule has 1 aromatic heterocycles. The molecule has 108 valence electrons. The van der Waals surface area contributed by atoms with Gasteiger partial charge in [0.15, 0.2) is 0 Å². The van der Waals surface area contributed by atoms with E-state index < -0.39 is 0 Å². The molecule has 0 spiro atoms. The van der Waals surface area contributed by atoms with Crippen LogP contribution in [-0.4, -0.2) is 28.0 Å². The molecule has 0 aliphatic rings. The Morgan fingerprint density at radius 1 is 1.30 bits per heavy atom. The van der Waals surface area contributed by atoms with Crippen LogP contribution in [0.2, 0.25) is 0 Å². The summed E-state index contributed by atoms with van der Waals surface area (Å²) in [5.74, 6) is 0. The maximum Gasteiger partial charge on any atom is 0.0645 e. The van der Waals surface area contributed by atoms with Crippen molar-refractivity contribution >= 4 is 0 Å². The molecule has 1 heterocycles. The SMILES string of the molecule is CC(NCC(C)(C)CO)c1cnn(-c2ccccc2)c1. The molecule has 2 rings (SSSR count). The van der Waals surface area contributed by atoms with Crippen LogP contribution in [0.4, 0.5) is 0 Å². The quantitative estimate of drug-likeness (QED) is 0.850. The summed E-state index contributed by atoms with van der Waals surface area (Å²) >= 11 is 0. The molecule has 0 aliphatic heterocycles. The molecule has 20 heavy (non-hydrogen) atoms. The molecule has 0 bridgehead atoms. The summed E-state index contributed by atoms with van der Waals surface area (Å²) in [5.41, 5.74) is 2.09. The van der Waals surface area contributed by atoms with Gasteiger partial charge in [0.2, 0.25) is 0 Å². The van der Waals surface area contributed by atoms with Crippen molar-refractivity contribution < 1.29 is 5.11 Å². The Bertz CT molecular complexity index is 534. The van der Waals surface area contributed by atoms with Crippen molar-refractivity contribution in [2.24, 2.45) is 5.41 Å². The van der Waals surface area contributed by atoms with Gasteiger partial charge in [-0.1, -0.05) is 32.0 Å². The molecule has 4 heteroatoms. The van der Waals surface area contributed by atoms with E-state index in [0.29, 0.717) is 0 Å². The number of aliphatic hydroxyl groups is 1. The van der Waals surface area contributed by atoms with Crippen LogP contribution in [-0.2, 0) is 0 Å². The fraction of sp³-hybridized carbons (Fsp3) is 0.438. The number of rotatable bonds is 6. The Kier molecular flexibility index (Phi) is 4.57. The van der Waals surface area contributed by atoms with Crippen LogP contribution in [0.5, 0.6) is 0 Å². The lowest BCUT2D eigenvalue weighted by Crippen LogP contribution is -2.33. The van der Waals surface area contributed by atoms with Crippen LogP contribution in [0, 0.1) is 5.41 Å². The first kappa shape index (κ1) is 14.8. The minimum atomic E-state index is -0.107. The fourth-order valence-corrected chi connectivity index (χ4v) is 1.89. The maximum absolute atomic E-state index is 9.27. The maximum atomic E-state index is 9.27. The van der Waals surface area contributed by atoms with Crippen LogP contribution < -0.4 is 5.32 Å². The zero-order chi connectivity index (χ0) is 14.6. The lowest BCUT2D eigenvalue weighted by Gasteiger charge is -2.24. The molecular formula is C16H23N3O. The minimum absolute atomic E-state index is 0.107. The number of aliphatic hydroxyl groups excluding tert-OH is 1. The van der Waals surface area contributed by atoms with Gasteiger partial charge in [0, 0.05) is 36.4 Å². The number of benzene rings is 1. The molecule has 0 radical (unpaired) electrons. The van der Waals surface area contributed by atoms with Gasteiger partial charge in [0.25, 0.3) is 0 Å². The summed E-state index contributed by atoms with van der Waals surface area (Å²) in [4.78, 5) is 0. The van der Waals surface area contributed by atoms with E-state index in [4.69, 9.17) is 0 Å². The van der Waals surface area contributed by atoms with Crippen molar-refractivity contribution in [2.45, 2.75) is 26.8 Å². The van der Waals surface area contributed by atoms with E-state index in [9.17, 15) is 5.11 Å². The van der Waals surface area contributed by atoms with Crippen molar-refractivity contribution in [1.82, 2.24) is 15.1 Å². The van der Waals surface area contributed by atoms with Crippen LogP contribution in [0.25, 0.3) is 5.69 Å². The summed E-state index contributed by atoms with van der Waals surface area (Å²) in [6.07, 6.45) is 3.93. The molecule has 0 fully saturated rings. The second kappa shape index (κ2) is 6.20. The van der Waals surface area contributed by atoms with E-state index in [2.05, 4.69) is 17.3 Å². The molecule has 2 N–H and O–H groups in total. The van der Waals surface area contributed by atoms with Gasteiger partial charge in [-0.25, -0.2) is 4.68 Å². The Labute approximate surface area is 120 Å². The summed E-state index contributed by atoms with van der Waals surface area (Å²) in [5, 5.41) is 17.1. The second-order valence-corrected chi connectivity index (χ2v) is 5.98. The molecule has 0 saturated carbocycles. The first-order valence-electron chi connectivity index (χ1n) is 6.96. The third-order valence-corrected chi connectivity index (χ3v) is 3.44. The third kappa shape index (κ3) is 3.68. The Morgan fingerprint density at radius 2 is 2.00 bits per heavy atom.